The monoisotopic (exact) mass is 222 g/mol. The van der Waals surface area contributed by atoms with Crippen molar-refractivity contribution in [2.75, 3.05) is 31.6 Å². The quantitative estimate of drug-likeness (QED) is 0.844. The SMILES string of the molecule is CN(CC1CCCNC1)c1ccc(F)cc1. The predicted molar refractivity (Wildman–Crippen MR) is 65.3 cm³/mol. The van der Waals surface area contributed by atoms with Gasteiger partial charge in [0.05, 0.1) is 0 Å². The molecule has 88 valence electrons. The first-order valence-electron chi connectivity index (χ1n) is 5.93. The first kappa shape index (κ1) is 11.4. The molecular formula is C13H19FN2. The third-order valence-corrected chi connectivity index (χ3v) is 3.20. The fourth-order valence-electron chi connectivity index (χ4n) is 2.27. The summed E-state index contributed by atoms with van der Waals surface area (Å²) in [6.07, 6.45) is 2.56. The molecule has 16 heavy (non-hydrogen) atoms. The number of piperidine rings is 1. The highest BCUT2D eigenvalue weighted by Crippen LogP contribution is 2.17. The van der Waals surface area contributed by atoms with Crippen molar-refractivity contribution in [3.8, 4) is 0 Å². The minimum atomic E-state index is -0.170. The maximum Gasteiger partial charge on any atom is 0.123 e. The van der Waals surface area contributed by atoms with E-state index >= 15 is 0 Å². The van der Waals surface area contributed by atoms with E-state index in [9.17, 15) is 4.39 Å². The molecule has 0 bridgehead atoms. The molecule has 1 aromatic carbocycles. The second-order valence-electron chi connectivity index (χ2n) is 4.57. The fraction of sp³-hybridized carbons (Fsp3) is 0.538. The van der Waals surface area contributed by atoms with Crippen molar-refractivity contribution in [2.24, 2.45) is 5.92 Å². The van der Waals surface area contributed by atoms with Gasteiger partial charge >= 0.3 is 0 Å². The second-order valence-corrected chi connectivity index (χ2v) is 4.57. The number of nitrogens with one attached hydrogen (secondary N) is 1. The largest absolute Gasteiger partial charge is 0.374 e. The maximum atomic E-state index is 12.8. The molecule has 0 spiro atoms. The number of benzene rings is 1. The smallest absolute Gasteiger partial charge is 0.123 e. The lowest BCUT2D eigenvalue weighted by molar-refractivity contribution is 0.381. The average Bonchev–Trinajstić information content (AvgIpc) is 2.31. The number of hydrogen-bond acceptors (Lipinski definition) is 2. The van der Waals surface area contributed by atoms with Crippen molar-refractivity contribution in [3.63, 3.8) is 0 Å². The molecule has 0 aromatic heterocycles. The van der Waals surface area contributed by atoms with Crippen molar-refractivity contribution in [2.45, 2.75) is 12.8 Å². The summed E-state index contributed by atoms with van der Waals surface area (Å²) >= 11 is 0. The minimum Gasteiger partial charge on any atom is -0.374 e. The summed E-state index contributed by atoms with van der Waals surface area (Å²) in [5.41, 5.74) is 1.09. The molecule has 0 amide bonds. The van der Waals surface area contributed by atoms with Crippen molar-refractivity contribution >= 4 is 5.69 Å². The third-order valence-electron chi connectivity index (χ3n) is 3.20. The highest BCUT2D eigenvalue weighted by molar-refractivity contribution is 5.45. The van der Waals surface area contributed by atoms with E-state index in [1.54, 1.807) is 0 Å². The zero-order valence-corrected chi connectivity index (χ0v) is 9.75. The molecule has 1 aromatic rings. The molecule has 1 N–H and O–H groups in total. The molecule has 1 saturated heterocycles. The standard InChI is InChI=1S/C13H19FN2/c1-16(10-11-3-2-8-15-9-11)13-6-4-12(14)5-7-13/h4-7,11,15H,2-3,8-10H2,1H3. The Morgan fingerprint density at radius 1 is 1.38 bits per heavy atom. The van der Waals surface area contributed by atoms with E-state index in [0.29, 0.717) is 5.92 Å². The molecule has 1 aliphatic heterocycles. The first-order chi connectivity index (χ1) is 7.75. The van der Waals surface area contributed by atoms with E-state index in [0.717, 1.165) is 25.3 Å². The van der Waals surface area contributed by atoms with E-state index in [4.69, 9.17) is 0 Å². The summed E-state index contributed by atoms with van der Waals surface area (Å²) in [7, 11) is 2.07. The first-order valence-corrected chi connectivity index (χ1v) is 5.93. The van der Waals surface area contributed by atoms with Gasteiger partial charge in [-0.2, -0.15) is 0 Å². The van der Waals surface area contributed by atoms with Crippen LogP contribution in [0.25, 0.3) is 0 Å². The van der Waals surface area contributed by atoms with Crippen LogP contribution in [0.15, 0.2) is 24.3 Å². The van der Waals surface area contributed by atoms with E-state index in [1.807, 2.05) is 12.1 Å². The van der Waals surface area contributed by atoms with E-state index in [2.05, 4.69) is 17.3 Å². The van der Waals surface area contributed by atoms with Gasteiger partial charge in [-0.05, 0) is 56.1 Å². The zero-order chi connectivity index (χ0) is 11.4. The average molecular weight is 222 g/mol. The Labute approximate surface area is 96.5 Å². The number of nitrogens with zero attached hydrogens (tertiary/aromatic N) is 1. The van der Waals surface area contributed by atoms with Gasteiger partial charge in [0.25, 0.3) is 0 Å². The number of halogens is 1. The lowest BCUT2D eigenvalue weighted by atomic mass is 9.99. The summed E-state index contributed by atoms with van der Waals surface area (Å²) in [6, 6.07) is 6.72. The van der Waals surface area contributed by atoms with Crippen LogP contribution in [0.2, 0.25) is 0 Å². The predicted octanol–water partition coefficient (Wildman–Crippen LogP) is 2.26. The van der Waals surface area contributed by atoms with Crippen molar-refractivity contribution in [1.29, 1.82) is 0 Å². The fourth-order valence-corrected chi connectivity index (χ4v) is 2.27. The van der Waals surface area contributed by atoms with E-state index in [-0.39, 0.29) is 5.82 Å². The van der Waals surface area contributed by atoms with Crippen LogP contribution in [0.5, 0.6) is 0 Å². The van der Waals surface area contributed by atoms with Crippen molar-refractivity contribution in [1.82, 2.24) is 5.32 Å². The molecule has 1 fully saturated rings. The normalized spacial score (nSPS) is 20.8. The molecule has 1 unspecified atom stereocenters. The van der Waals surface area contributed by atoms with Crippen LogP contribution in [0, 0.1) is 11.7 Å². The molecule has 0 aliphatic carbocycles. The lowest BCUT2D eigenvalue weighted by Crippen LogP contribution is -2.36. The van der Waals surface area contributed by atoms with Crippen LogP contribution in [0.3, 0.4) is 0 Å². The minimum absolute atomic E-state index is 0.170. The van der Waals surface area contributed by atoms with Gasteiger partial charge in [0.15, 0.2) is 0 Å². The molecular weight excluding hydrogens is 203 g/mol. The van der Waals surface area contributed by atoms with Crippen LogP contribution in [-0.4, -0.2) is 26.7 Å². The molecule has 1 aliphatic rings. The highest BCUT2D eigenvalue weighted by atomic mass is 19.1. The Bertz CT molecular complexity index is 317. The maximum absolute atomic E-state index is 12.8. The van der Waals surface area contributed by atoms with E-state index < -0.39 is 0 Å². The van der Waals surface area contributed by atoms with Crippen LogP contribution in [-0.2, 0) is 0 Å². The number of rotatable bonds is 3. The summed E-state index contributed by atoms with van der Waals surface area (Å²) in [5, 5.41) is 3.41. The van der Waals surface area contributed by atoms with Crippen LogP contribution in [0.1, 0.15) is 12.8 Å². The summed E-state index contributed by atoms with van der Waals surface area (Å²) in [4.78, 5) is 2.21. The molecule has 3 heteroatoms. The van der Waals surface area contributed by atoms with Gasteiger partial charge in [0.2, 0.25) is 0 Å². The van der Waals surface area contributed by atoms with Crippen molar-refractivity contribution < 1.29 is 4.39 Å². The van der Waals surface area contributed by atoms with Gasteiger partial charge in [-0.15, -0.1) is 0 Å². The summed E-state index contributed by atoms with van der Waals surface area (Å²) < 4.78 is 12.8. The number of anilines is 1. The van der Waals surface area contributed by atoms with Crippen LogP contribution in [0.4, 0.5) is 10.1 Å². The Balaban J connectivity index is 1.91. The van der Waals surface area contributed by atoms with Crippen LogP contribution >= 0.6 is 0 Å². The molecule has 2 rings (SSSR count). The lowest BCUT2D eigenvalue weighted by Gasteiger charge is -2.28. The van der Waals surface area contributed by atoms with E-state index in [1.165, 1.54) is 25.0 Å². The molecule has 0 radical (unpaired) electrons. The Kier molecular flexibility index (Phi) is 3.78. The molecule has 1 atom stereocenters. The Morgan fingerprint density at radius 3 is 2.75 bits per heavy atom. The topological polar surface area (TPSA) is 15.3 Å². The van der Waals surface area contributed by atoms with Gasteiger partial charge in [-0.3, -0.25) is 0 Å². The summed E-state index contributed by atoms with van der Waals surface area (Å²) in [5.74, 6) is 0.542. The van der Waals surface area contributed by atoms with Gasteiger partial charge < -0.3 is 10.2 Å². The highest BCUT2D eigenvalue weighted by Gasteiger charge is 2.15. The van der Waals surface area contributed by atoms with Gasteiger partial charge in [0.1, 0.15) is 5.82 Å². The molecule has 2 nitrogen and oxygen atoms in total. The second kappa shape index (κ2) is 5.30. The molecule has 0 saturated carbocycles. The molecule has 1 heterocycles. The zero-order valence-electron chi connectivity index (χ0n) is 9.75. The summed E-state index contributed by atoms with van der Waals surface area (Å²) in [6.45, 7) is 3.29. The van der Waals surface area contributed by atoms with Crippen molar-refractivity contribution in [3.05, 3.63) is 30.1 Å². The third kappa shape index (κ3) is 2.95. The van der Waals surface area contributed by atoms with Crippen LogP contribution < -0.4 is 10.2 Å². The van der Waals surface area contributed by atoms with Gasteiger partial charge in [-0.1, -0.05) is 0 Å². The van der Waals surface area contributed by atoms with Gasteiger partial charge in [-0.25, -0.2) is 4.39 Å². The number of hydrogen-bond donors (Lipinski definition) is 1. The Morgan fingerprint density at radius 2 is 2.12 bits per heavy atom. The Hall–Kier alpha value is -1.09. The van der Waals surface area contributed by atoms with Gasteiger partial charge in [0, 0.05) is 19.3 Å².